The lowest BCUT2D eigenvalue weighted by atomic mass is 10.3. The Hall–Kier alpha value is -1.73. The molecule has 90 valence electrons. The van der Waals surface area contributed by atoms with Crippen molar-refractivity contribution < 1.29 is 13.9 Å². The van der Waals surface area contributed by atoms with Crippen LogP contribution in [0.1, 0.15) is 5.56 Å². The van der Waals surface area contributed by atoms with Crippen molar-refractivity contribution in [2.24, 2.45) is 0 Å². The molecule has 0 fully saturated rings. The Morgan fingerprint density at radius 2 is 2.41 bits per heavy atom. The third-order valence-electron chi connectivity index (χ3n) is 1.89. The first-order valence-corrected chi connectivity index (χ1v) is 5.75. The highest BCUT2D eigenvalue weighted by atomic mass is 32.1. The number of nitrogens with one attached hydrogen (secondary N) is 1. The molecule has 1 amide bonds. The summed E-state index contributed by atoms with van der Waals surface area (Å²) in [4.78, 5) is 12.1. The van der Waals surface area contributed by atoms with Crippen LogP contribution in [0.5, 0.6) is 0 Å². The summed E-state index contributed by atoms with van der Waals surface area (Å²) < 4.78 is 9.97. The van der Waals surface area contributed by atoms with Gasteiger partial charge in [-0.25, -0.2) is 0 Å². The van der Waals surface area contributed by atoms with E-state index < -0.39 is 0 Å². The number of methoxy groups -OCH3 is 1. The minimum Gasteiger partial charge on any atom is -0.402 e. The van der Waals surface area contributed by atoms with Crippen molar-refractivity contribution in [1.82, 2.24) is 10.2 Å². The lowest BCUT2D eigenvalue weighted by Gasteiger charge is -1.96. The van der Waals surface area contributed by atoms with Crippen molar-refractivity contribution in [1.29, 1.82) is 0 Å². The maximum absolute atomic E-state index is 11.2. The van der Waals surface area contributed by atoms with Gasteiger partial charge in [0, 0.05) is 7.11 Å². The second-order valence-electron chi connectivity index (χ2n) is 3.38. The SMILES string of the molecule is COCC(=O)Nc1nnc(-c2cc(C)cs2)o1. The number of hydrogen-bond donors (Lipinski definition) is 1. The van der Waals surface area contributed by atoms with Crippen LogP contribution in [-0.4, -0.2) is 29.8 Å². The number of aromatic nitrogens is 2. The summed E-state index contributed by atoms with van der Waals surface area (Å²) in [5, 5.41) is 12.0. The molecule has 0 saturated carbocycles. The van der Waals surface area contributed by atoms with E-state index in [4.69, 9.17) is 4.42 Å². The van der Waals surface area contributed by atoms with Crippen molar-refractivity contribution in [2.75, 3.05) is 19.0 Å². The first-order chi connectivity index (χ1) is 8.19. The van der Waals surface area contributed by atoms with Gasteiger partial charge in [-0.1, -0.05) is 5.10 Å². The third-order valence-corrected chi connectivity index (χ3v) is 2.92. The highest BCUT2D eigenvalue weighted by Crippen LogP contribution is 2.26. The molecule has 6 nitrogen and oxygen atoms in total. The molecule has 0 atom stereocenters. The summed E-state index contributed by atoms with van der Waals surface area (Å²) in [6.07, 6.45) is 0. The van der Waals surface area contributed by atoms with Crippen LogP contribution in [0.15, 0.2) is 15.9 Å². The van der Waals surface area contributed by atoms with Gasteiger partial charge < -0.3 is 9.15 Å². The van der Waals surface area contributed by atoms with E-state index >= 15 is 0 Å². The van der Waals surface area contributed by atoms with Gasteiger partial charge in [0.25, 0.3) is 11.8 Å². The molecule has 0 aliphatic rings. The normalized spacial score (nSPS) is 10.5. The first kappa shape index (κ1) is 11.7. The quantitative estimate of drug-likeness (QED) is 0.897. The number of thiophene rings is 1. The predicted molar refractivity (Wildman–Crippen MR) is 62.9 cm³/mol. The number of aryl methyl sites for hydroxylation is 1. The van der Waals surface area contributed by atoms with Crippen molar-refractivity contribution in [3.05, 3.63) is 17.0 Å². The molecule has 0 radical (unpaired) electrons. The molecule has 2 aromatic heterocycles. The molecule has 0 aromatic carbocycles. The fourth-order valence-corrected chi connectivity index (χ4v) is 2.02. The zero-order valence-corrected chi connectivity index (χ0v) is 10.2. The summed E-state index contributed by atoms with van der Waals surface area (Å²) in [5.74, 6) is 0.0703. The molecule has 0 unspecified atom stereocenters. The minimum absolute atomic E-state index is 0.0458. The molecule has 7 heteroatoms. The zero-order valence-electron chi connectivity index (χ0n) is 9.39. The summed E-state index contributed by atoms with van der Waals surface area (Å²) in [7, 11) is 1.44. The number of carbonyl (C=O) groups excluding carboxylic acids is 1. The molecule has 0 bridgehead atoms. The molecule has 0 aliphatic carbocycles. The van der Waals surface area contributed by atoms with E-state index in [0.717, 1.165) is 10.4 Å². The van der Waals surface area contributed by atoms with Gasteiger partial charge in [0.15, 0.2) is 0 Å². The molecule has 1 N–H and O–H groups in total. The van der Waals surface area contributed by atoms with Crippen LogP contribution in [0.4, 0.5) is 6.01 Å². The molecule has 17 heavy (non-hydrogen) atoms. The van der Waals surface area contributed by atoms with Crippen LogP contribution in [0.2, 0.25) is 0 Å². The molecule has 0 aliphatic heterocycles. The van der Waals surface area contributed by atoms with E-state index in [1.807, 2.05) is 18.4 Å². The van der Waals surface area contributed by atoms with Crippen molar-refractivity contribution in [2.45, 2.75) is 6.92 Å². The van der Waals surface area contributed by atoms with Crippen LogP contribution >= 0.6 is 11.3 Å². The number of amides is 1. The third kappa shape index (κ3) is 2.89. The maximum Gasteiger partial charge on any atom is 0.322 e. The Labute approximate surface area is 102 Å². The van der Waals surface area contributed by atoms with E-state index in [0.29, 0.717) is 5.89 Å². The predicted octanol–water partition coefficient (Wildman–Crippen LogP) is 1.69. The van der Waals surface area contributed by atoms with Crippen LogP contribution in [0, 0.1) is 6.92 Å². The highest BCUT2D eigenvalue weighted by Gasteiger charge is 2.12. The second kappa shape index (κ2) is 5.07. The Kier molecular flexibility index (Phi) is 3.50. The standard InChI is InChI=1S/C10H11N3O3S/c1-6-3-7(17-5-6)9-12-13-10(16-9)11-8(14)4-15-2/h3,5H,4H2,1-2H3,(H,11,13,14). The summed E-state index contributed by atoms with van der Waals surface area (Å²) >= 11 is 1.51. The lowest BCUT2D eigenvalue weighted by molar-refractivity contribution is -0.119. The maximum atomic E-state index is 11.2. The van der Waals surface area contributed by atoms with Crippen LogP contribution in [-0.2, 0) is 9.53 Å². The Balaban J connectivity index is 2.08. The number of ether oxygens (including phenoxy) is 1. The highest BCUT2D eigenvalue weighted by molar-refractivity contribution is 7.13. The summed E-state index contributed by atoms with van der Waals surface area (Å²) in [5.41, 5.74) is 1.13. The van der Waals surface area contributed by atoms with Crippen molar-refractivity contribution in [3.63, 3.8) is 0 Å². The van der Waals surface area contributed by atoms with Crippen LogP contribution in [0.3, 0.4) is 0 Å². The average Bonchev–Trinajstić information content (AvgIpc) is 2.87. The summed E-state index contributed by atoms with van der Waals surface area (Å²) in [6.45, 7) is 1.94. The smallest absolute Gasteiger partial charge is 0.322 e. The van der Waals surface area contributed by atoms with Gasteiger partial charge >= 0.3 is 6.01 Å². The fraction of sp³-hybridized carbons (Fsp3) is 0.300. The van der Waals surface area contributed by atoms with Gasteiger partial charge in [-0.2, -0.15) is 0 Å². The lowest BCUT2D eigenvalue weighted by Crippen LogP contribution is -2.17. The fourth-order valence-electron chi connectivity index (χ4n) is 1.20. The Morgan fingerprint density at radius 1 is 1.59 bits per heavy atom. The van der Waals surface area contributed by atoms with Gasteiger partial charge in [-0.3, -0.25) is 10.1 Å². The number of hydrogen-bond acceptors (Lipinski definition) is 6. The molecule has 0 spiro atoms. The van der Waals surface area contributed by atoms with E-state index in [9.17, 15) is 4.79 Å². The Morgan fingerprint density at radius 3 is 3.06 bits per heavy atom. The molecule has 2 heterocycles. The summed E-state index contributed by atoms with van der Waals surface area (Å²) in [6, 6.07) is 2.02. The number of carbonyl (C=O) groups is 1. The van der Waals surface area contributed by atoms with Crippen LogP contribution in [0.25, 0.3) is 10.8 Å². The van der Waals surface area contributed by atoms with Gasteiger partial charge in [0.05, 0.1) is 4.88 Å². The minimum atomic E-state index is -0.329. The molecule has 2 rings (SSSR count). The van der Waals surface area contributed by atoms with Crippen molar-refractivity contribution >= 4 is 23.3 Å². The van der Waals surface area contributed by atoms with Gasteiger partial charge in [0.2, 0.25) is 0 Å². The van der Waals surface area contributed by atoms with Crippen LogP contribution < -0.4 is 5.32 Å². The number of anilines is 1. The van der Waals surface area contributed by atoms with Gasteiger partial charge in [0.1, 0.15) is 6.61 Å². The number of nitrogens with zero attached hydrogens (tertiary/aromatic N) is 2. The topological polar surface area (TPSA) is 77.2 Å². The average molecular weight is 253 g/mol. The van der Waals surface area contributed by atoms with E-state index in [1.165, 1.54) is 18.4 Å². The van der Waals surface area contributed by atoms with Gasteiger partial charge in [-0.05, 0) is 23.9 Å². The molecule has 0 saturated heterocycles. The van der Waals surface area contributed by atoms with Gasteiger partial charge in [-0.15, -0.1) is 16.4 Å². The molecular weight excluding hydrogens is 242 g/mol. The van der Waals surface area contributed by atoms with E-state index in [1.54, 1.807) is 0 Å². The van der Waals surface area contributed by atoms with Crippen molar-refractivity contribution in [3.8, 4) is 10.8 Å². The first-order valence-electron chi connectivity index (χ1n) is 4.87. The van der Waals surface area contributed by atoms with E-state index in [-0.39, 0.29) is 18.5 Å². The van der Waals surface area contributed by atoms with E-state index in [2.05, 4.69) is 20.3 Å². The Bertz CT molecular complexity index is 520. The largest absolute Gasteiger partial charge is 0.402 e. The molecule has 2 aromatic rings. The number of rotatable bonds is 4. The monoisotopic (exact) mass is 253 g/mol. The second-order valence-corrected chi connectivity index (χ2v) is 4.29. The zero-order chi connectivity index (χ0) is 12.3. The molecular formula is C10H11N3O3S.